The molecule has 0 spiro atoms. The molecule has 0 saturated carbocycles. The molecular formula is C19H22N2O3. The molecule has 0 radical (unpaired) electrons. The van der Waals surface area contributed by atoms with Gasteiger partial charge in [0.05, 0.1) is 13.2 Å². The zero-order valence-corrected chi connectivity index (χ0v) is 13.7. The van der Waals surface area contributed by atoms with Gasteiger partial charge in [-0.2, -0.15) is 0 Å². The van der Waals surface area contributed by atoms with Gasteiger partial charge in [-0.15, -0.1) is 0 Å². The molecule has 0 aliphatic carbocycles. The molecule has 0 bridgehead atoms. The van der Waals surface area contributed by atoms with Crippen molar-refractivity contribution in [1.82, 2.24) is 5.32 Å². The van der Waals surface area contributed by atoms with Gasteiger partial charge in [0.25, 0.3) is 0 Å². The van der Waals surface area contributed by atoms with Crippen molar-refractivity contribution in [2.24, 2.45) is 0 Å². The predicted molar refractivity (Wildman–Crippen MR) is 94.4 cm³/mol. The number of carbonyl (C=O) groups is 1. The minimum Gasteiger partial charge on any atom is -0.497 e. The van der Waals surface area contributed by atoms with Crippen LogP contribution in [-0.4, -0.2) is 32.4 Å². The smallest absolute Gasteiger partial charge is 0.319 e. The van der Waals surface area contributed by atoms with Crippen molar-refractivity contribution >= 4 is 11.7 Å². The van der Waals surface area contributed by atoms with Crippen LogP contribution in [0.1, 0.15) is 12.8 Å². The molecule has 2 N–H and O–H groups in total. The first-order valence-electron chi connectivity index (χ1n) is 8.15. The fraction of sp³-hybridized carbons (Fsp3) is 0.316. The van der Waals surface area contributed by atoms with E-state index in [0.29, 0.717) is 6.54 Å². The van der Waals surface area contributed by atoms with E-state index in [1.807, 2.05) is 48.5 Å². The zero-order valence-electron chi connectivity index (χ0n) is 13.7. The third-order valence-electron chi connectivity index (χ3n) is 4.06. The van der Waals surface area contributed by atoms with E-state index in [2.05, 4.69) is 10.6 Å². The molecule has 1 unspecified atom stereocenters. The second kappa shape index (κ2) is 7.84. The number of hydrogen-bond acceptors (Lipinski definition) is 3. The van der Waals surface area contributed by atoms with E-state index >= 15 is 0 Å². The predicted octanol–water partition coefficient (Wildman–Crippen LogP) is 3.66. The van der Waals surface area contributed by atoms with Crippen molar-refractivity contribution in [2.75, 3.05) is 25.6 Å². The van der Waals surface area contributed by atoms with Crippen molar-refractivity contribution in [3.8, 4) is 16.9 Å². The molecule has 1 fully saturated rings. The summed E-state index contributed by atoms with van der Waals surface area (Å²) < 4.78 is 10.7. The number of urea groups is 1. The van der Waals surface area contributed by atoms with E-state index in [-0.39, 0.29) is 12.1 Å². The van der Waals surface area contributed by atoms with E-state index < -0.39 is 0 Å². The Morgan fingerprint density at radius 3 is 2.75 bits per heavy atom. The van der Waals surface area contributed by atoms with E-state index in [9.17, 15) is 4.79 Å². The molecule has 0 aromatic heterocycles. The SMILES string of the molecule is COc1cccc(-c2ccc(NC(=O)NCC3CCCO3)cc2)c1. The molecule has 2 aromatic carbocycles. The van der Waals surface area contributed by atoms with Crippen molar-refractivity contribution in [2.45, 2.75) is 18.9 Å². The largest absolute Gasteiger partial charge is 0.497 e. The lowest BCUT2D eigenvalue weighted by Crippen LogP contribution is -2.34. The van der Waals surface area contributed by atoms with Crippen LogP contribution in [0.15, 0.2) is 48.5 Å². The minimum absolute atomic E-state index is 0.145. The third-order valence-corrected chi connectivity index (χ3v) is 4.06. The number of hydrogen-bond donors (Lipinski definition) is 2. The zero-order chi connectivity index (χ0) is 16.8. The Hall–Kier alpha value is -2.53. The van der Waals surface area contributed by atoms with Gasteiger partial charge in [-0.05, 0) is 48.2 Å². The van der Waals surface area contributed by atoms with Crippen LogP contribution in [-0.2, 0) is 4.74 Å². The van der Waals surface area contributed by atoms with Crippen LogP contribution in [0.4, 0.5) is 10.5 Å². The number of ether oxygens (including phenoxy) is 2. The first-order valence-corrected chi connectivity index (χ1v) is 8.15. The summed E-state index contributed by atoms with van der Waals surface area (Å²) in [5, 5.41) is 5.68. The molecule has 1 heterocycles. The maximum absolute atomic E-state index is 11.9. The number of benzene rings is 2. The van der Waals surface area contributed by atoms with Gasteiger partial charge in [0.1, 0.15) is 5.75 Å². The van der Waals surface area contributed by atoms with Crippen LogP contribution in [0, 0.1) is 0 Å². The monoisotopic (exact) mass is 326 g/mol. The highest BCUT2D eigenvalue weighted by atomic mass is 16.5. The first-order chi connectivity index (χ1) is 11.7. The summed E-state index contributed by atoms with van der Waals surface area (Å²) in [5.74, 6) is 0.822. The van der Waals surface area contributed by atoms with Crippen molar-refractivity contribution < 1.29 is 14.3 Å². The van der Waals surface area contributed by atoms with Crippen LogP contribution in [0.25, 0.3) is 11.1 Å². The van der Waals surface area contributed by atoms with Gasteiger partial charge in [0, 0.05) is 18.8 Å². The van der Waals surface area contributed by atoms with Gasteiger partial charge >= 0.3 is 6.03 Å². The van der Waals surface area contributed by atoms with Gasteiger partial charge in [-0.1, -0.05) is 24.3 Å². The molecule has 126 valence electrons. The summed E-state index contributed by atoms with van der Waals surface area (Å²) in [7, 11) is 1.65. The van der Waals surface area contributed by atoms with Crippen LogP contribution < -0.4 is 15.4 Å². The highest BCUT2D eigenvalue weighted by Gasteiger charge is 2.16. The fourth-order valence-corrected chi connectivity index (χ4v) is 2.74. The third kappa shape index (κ3) is 4.26. The van der Waals surface area contributed by atoms with Gasteiger partial charge < -0.3 is 20.1 Å². The maximum Gasteiger partial charge on any atom is 0.319 e. The number of carbonyl (C=O) groups excluding carboxylic acids is 1. The molecule has 2 aromatic rings. The molecule has 3 rings (SSSR count). The standard InChI is InChI=1S/C19H22N2O3/c1-23-17-5-2-4-15(12-17)14-7-9-16(10-8-14)21-19(22)20-13-18-6-3-11-24-18/h2,4-5,7-10,12,18H,3,6,11,13H2,1H3,(H2,20,21,22). The first kappa shape index (κ1) is 16.3. The second-order valence-electron chi connectivity index (χ2n) is 5.78. The van der Waals surface area contributed by atoms with Crippen molar-refractivity contribution in [3.63, 3.8) is 0 Å². The summed E-state index contributed by atoms with van der Waals surface area (Å²) in [6.07, 6.45) is 2.22. The Kier molecular flexibility index (Phi) is 5.33. The maximum atomic E-state index is 11.9. The molecule has 2 amide bonds. The number of amides is 2. The number of nitrogens with one attached hydrogen (secondary N) is 2. The van der Waals surface area contributed by atoms with E-state index in [0.717, 1.165) is 42.0 Å². The number of methoxy groups -OCH3 is 1. The lowest BCUT2D eigenvalue weighted by Gasteiger charge is -2.12. The molecule has 5 nitrogen and oxygen atoms in total. The number of anilines is 1. The Morgan fingerprint density at radius 1 is 1.21 bits per heavy atom. The summed E-state index contributed by atoms with van der Waals surface area (Å²) in [6.45, 7) is 1.34. The van der Waals surface area contributed by atoms with Crippen LogP contribution >= 0.6 is 0 Å². The molecule has 1 aliphatic rings. The lowest BCUT2D eigenvalue weighted by atomic mass is 10.1. The lowest BCUT2D eigenvalue weighted by molar-refractivity contribution is 0.112. The average Bonchev–Trinajstić information content (AvgIpc) is 3.14. The molecule has 24 heavy (non-hydrogen) atoms. The van der Waals surface area contributed by atoms with Crippen molar-refractivity contribution in [3.05, 3.63) is 48.5 Å². The Balaban J connectivity index is 1.56. The fourth-order valence-electron chi connectivity index (χ4n) is 2.74. The van der Waals surface area contributed by atoms with Gasteiger partial charge in [-0.3, -0.25) is 0 Å². The second-order valence-corrected chi connectivity index (χ2v) is 5.78. The highest BCUT2D eigenvalue weighted by Crippen LogP contribution is 2.25. The molecule has 5 heteroatoms. The van der Waals surface area contributed by atoms with Gasteiger partial charge in [0.15, 0.2) is 0 Å². The minimum atomic E-state index is -0.209. The number of rotatable bonds is 5. The van der Waals surface area contributed by atoms with E-state index in [1.54, 1.807) is 7.11 Å². The molecular weight excluding hydrogens is 304 g/mol. The van der Waals surface area contributed by atoms with Crippen molar-refractivity contribution in [1.29, 1.82) is 0 Å². The van der Waals surface area contributed by atoms with Gasteiger partial charge in [0.2, 0.25) is 0 Å². The average molecular weight is 326 g/mol. The molecule has 1 saturated heterocycles. The quantitative estimate of drug-likeness (QED) is 0.881. The summed E-state index contributed by atoms with van der Waals surface area (Å²) >= 11 is 0. The Bertz CT molecular complexity index is 679. The Morgan fingerprint density at radius 2 is 2.04 bits per heavy atom. The summed E-state index contributed by atoms with van der Waals surface area (Å²) in [6, 6.07) is 15.4. The topological polar surface area (TPSA) is 59.6 Å². The highest BCUT2D eigenvalue weighted by molar-refractivity contribution is 5.89. The summed E-state index contributed by atoms with van der Waals surface area (Å²) in [4.78, 5) is 11.9. The Labute approximate surface area is 142 Å². The summed E-state index contributed by atoms with van der Waals surface area (Å²) in [5.41, 5.74) is 2.90. The van der Waals surface area contributed by atoms with Crippen LogP contribution in [0.5, 0.6) is 5.75 Å². The molecule has 1 atom stereocenters. The van der Waals surface area contributed by atoms with E-state index in [1.165, 1.54) is 0 Å². The molecule has 1 aliphatic heterocycles. The normalized spacial score (nSPS) is 16.6. The van der Waals surface area contributed by atoms with Gasteiger partial charge in [-0.25, -0.2) is 4.79 Å². The van der Waals surface area contributed by atoms with Crippen LogP contribution in [0.2, 0.25) is 0 Å². The van der Waals surface area contributed by atoms with E-state index in [4.69, 9.17) is 9.47 Å². The van der Waals surface area contributed by atoms with Crippen LogP contribution in [0.3, 0.4) is 0 Å².